The highest BCUT2D eigenvalue weighted by atomic mass is 79.9. The van der Waals surface area contributed by atoms with E-state index in [1.54, 1.807) is 12.1 Å². The average molecular weight is 300 g/mol. The van der Waals surface area contributed by atoms with E-state index in [1.165, 1.54) is 12.1 Å². The molecule has 0 saturated carbocycles. The van der Waals surface area contributed by atoms with Gasteiger partial charge in [-0.1, -0.05) is 46.3 Å². The summed E-state index contributed by atoms with van der Waals surface area (Å²) in [4.78, 5) is 0. The van der Waals surface area contributed by atoms with E-state index in [2.05, 4.69) is 15.9 Å². The van der Waals surface area contributed by atoms with Crippen LogP contribution in [0.3, 0.4) is 0 Å². The van der Waals surface area contributed by atoms with Crippen molar-refractivity contribution >= 4 is 27.5 Å². The quantitative estimate of drug-likeness (QED) is 0.691. The first-order valence-electron chi connectivity index (χ1n) is 4.82. The highest BCUT2D eigenvalue weighted by Crippen LogP contribution is 2.33. The van der Waals surface area contributed by atoms with Gasteiger partial charge in [-0.15, -0.1) is 11.6 Å². The van der Waals surface area contributed by atoms with Crippen molar-refractivity contribution in [1.82, 2.24) is 0 Å². The van der Waals surface area contributed by atoms with E-state index < -0.39 is 0 Å². The summed E-state index contributed by atoms with van der Waals surface area (Å²) in [5, 5.41) is -0.267. The second-order valence-corrected chi connectivity index (χ2v) is 4.73. The van der Waals surface area contributed by atoms with Gasteiger partial charge in [0.25, 0.3) is 0 Å². The lowest BCUT2D eigenvalue weighted by molar-refractivity contribution is 0.627. The van der Waals surface area contributed by atoms with Gasteiger partial charge in [0.2, 0.25) is 0 Å². The molecule has 0 saturated heterocycles. The number of hydrogen-bond donors (Lipinski definition) is 0. The van der Waals surface area contributed by atoms with Gasteiger partial charge in [-0.2, -0.15) is 0 Å². The maximum atomic E-state index is 12.8. The normalized spacial score (nSPS) is 12.4. The summed E-state index contributed by atoms with van der Waals surface area (Å²) in [6.07, 6.45) is 0. The molecule has 0 fully saturated rings. The molecule has 82 valence electrons. The molecule has 2 aromatic rings. The van der Waals surface area contributed by atoms with Crippen molar-refractivity contribution in [2.75, 3.05) is 0 Å². The summed E-state index contributed by atoms with van der Waals surface area (Å²) in [5.74, 6) is -0.250. The van der Waals surface area contributed by atoms with Crippen LogP contribution in [-0.2, 0) is 0 Å². The fourth-order valence-electron chi connectivity index (χ4n) is 1.49. The van der Waals surface area contributed by atoms with Crippen molar-refractivity contribution in [1.29, 1.82) is 0 Å². The SMILES string of the molecule is Fc1ccc(C(Cl)c2ccccc2Br)cc1. The average Bonchev–Trinajstić information content (AvgIpc) is 2.30. The topological polar surface area (TPSA) is 0 Å². The number of benzene rings is 2. The first-order chi connectivity index (χ1) is 7.68. The van der Waals surface area contributed by atoms with E-state index in [0.29, 0.717) is 0 Å². The van der Waals surface area contributed by atoms with E-state index in [9.17, 15) is 4.39 Å². The molecule has 1 unspecified atom stereocenters. The Kier molecular flexibility index (Phi) is 3.62. The lowest BCUT2D eigenvalue weighted by Crippen LogP contribution is -1.94. The monoisotopic (exact) mass is 298 g/mol. The molecule has 0 bridgehead atoms. The third-order valence-electron chi connectivity index (χ3n) is 2.34. The van der Waals surface area contributed by atoms with Crippen LogP contribution in [0.4, 0.5) is 4.39 Å². The predicted octanol–water partition coefficient (Wildman–Crippen LogP) is 4.92. The molecule has 2 rings (SSSR count). The van der Waals surface area contributed by atoms with Gasteiger partial charge in [0.05, 0.1) is 5.38 Å². The van der Waals surface area contributed by atoms with Crippen molar-refractivity contribution in [2.24, 2.45) is 0 Å². The molecule has 0 aliphatic rings. The zero-order valence-electron chi connectivity index (χ0n) is 8.33. The molecule has 0 aliphatic carbocycles. The van der Waals surface area contributed by atoms with Crippen molar-refractivity contribution in [3.63, 3.8) is 0 Å². The summed E-state index contributed by atoms with van der Waals surface area (Å²) in [7, 11) is 0. The molecule has 3 heteroatoms. The Morgan fingerprint density at radius 2 is 1.62 bits per heavy atom. The fraction of sp³-hybridized carbons (Fsp3) is 0.0769. The van der Waals surface area contributed by atoms with E-state index in [1.807, 2.05) is 24.3 Å². The van der Waals surface area contributed by atoms with Crippen LogP contribution in [0, 0.1) is 5.82 Å². The Balaban J connectivity index is 2.35. The first-order valence-corrected chi connectivity index (χ1v) is 6.05. The molecule has 0 aliphatic heterocycles. The molecule has 0 aromatic heterocycles. The van der Waals surface area contributed by atoms with E-state index in [-0.39, 0.29) is 11.2 Å². The Morgan fingerprint density at radius 1 is 1.00 bits per heavy atom. The standard InChI is InChI=1S/C13H9BrClF/c14-12-4-2-1-3-11(12)13(15)9-5-7-10(16)8-6-9/h1-8,13H. The minimum absolute atomic E-state index is 0.250. The number of hydrogen-bond acceptors (Lipinski definition) is 0. The summed E-state index contributed by atoms with van der Waals surface area (Å²) < 4.78 is 13.7. The third kappa shape index (κ3) is 2.45. The van der Waals surface area contributed by atoms with Crippen molar-refractivity contribution in [2.45, 2.75) is 5.38 Å². The smallest absolute Gasteiger partial charge is 0.123 e. The van der Waals surface area contributed by atoms with Crippen molar-refractivity contribution < 1.29 is 4.39 Å². The second kappa shape index (κ2) is 4.98. The van der Waals surface area contributed by atoms with Gasteiger partial charge in [0.15, 0.2) is 0 Å². The van der Waals surface area contributed by atoms with Crippen LogP contribution in [0.2, 0.25) is 0 Å². The minimum Gasteiger partial charge on any atom is -0.207 e. The number of alkyl halides is 1. The molecule has 0 radical (unpaired) electrons. The molecule has 2 aromatic carbocycles. The number of rotatable bonds is 2. The highest BCUT2D eigenvalue weighted by Gasteiger charge is 2.13. The molecule has 16 heavy (non-hydrogen) atoms. The van der Waals surface area contributed by atoms with E-state index in [0.717, 1.165) is 15.6 Å². The Hall–Kier alpha value is -0.860. The molecular formula is C13H9BrClF. The van der Waals surface area contributed by atoms with Crippen LogP contribution in [-0.4, -0.2) is 0 Å². The molecule has 0 amide bonds. The third-order valence-corrected chi connectivity index (χ3v) is 3.55. The fourth-order valence-corrected chi connectivity index (χ4v) is 2.47. The minimum atomic E-state index is -0.267. The van der Waals surface area contributed by atoms with Crippen LogP contribution >= 0.6 is 27.5 Å². The number of halogens is 3. The summed E-state index contributed by atoms with van der Waals surface area (Å²) in [6, 6.07) is 14.0. The van der Waals surface area contributed by atoms with Crippen LogP contribution in [0.25, 0.3) is 0 Å². The summed E-state index contributed by atoms with van der Waals surface area (Å²) in [5.41, 5.74) is 1.87. The van der Waals surface area contributed by atoms with Crippen LogP contribution in [0.1, 0.15) is 16.5 Å². The van der Waals surface area contributed by atoms with Gasteiger partial charge >= 0.3 is 0 Å². The second-order valence-electron chi connectivity index (χ2n) is 3.44. The van der Waals surface area contributed by atoms with Crippen LogP contribution < -0.4 is 0 Å². The van der Waals surface area contributed by atoms with Gasteiger partial charge in [0.1, 0.15) is 5.82 Å². The lowest BCUT2D eigenvalue weighted by atomic mass is 10.0. The molecule has 0 spiro atoms. The van der Waals surface area contributed by atoms with Gasteiger partial charge in [-0.05, 0) is 29.3 Å². The Labute approximate surface area is 107 Å². The Morgan fingerprint density at radius 3 is 2.25 bits per heavy atom. The molecule has 0 heterocycles. The molecule has 0 N–H and O–H groups in total. The largest absolute Gasteiger partial charge is 0.207 e. The maximum absolute atomic E-state index is 12.8. The summed E-state index contributed by atoms with van der Waals surface area (Å²) in [6.45, 7) is 0. The van der Waals surface area contributed by atoms with Gasteiger partial charge in [-0.3, -0.25) is 0 Å². The molecule has 0 nitrogen and oxygen atoms in total. The van der Waals surface area contributed by atoms with Gasteiger partial charge in [0, 0.05) is 4.47 Å². The van der Waals surface area contributed by atoms with Gasteiger partial charge < -0.3 is 0 Å². The lowest BCUT2D eigenvalue weighted by Gasteiger charge is -2.11. The van der Waals surface area contributed by atoms with Crippen LogP contribution in [0.5, 0.6) is 0 Å². The van der Waals surface area contributed by atoms with Crippen molar-refractivity contribution in [3.05, 3.63) is 69.9 Å². The van der Waals surface area contributed by atoms with Crippen LogP contribution in [0.15, 0.2) is 53.0 Å². The zero-order chi connectivity index (χ0) is 11.5. The summed E-state index contributed by atoms with van der Waals surface area (Å²) >= 11 is 9.79. The van der Waals surface area contributed by atoms with Gasteiger partial charge in [-0.25, -0.2) is 4.39 Å². The first kappa shape index (κ1) is 11.6. The Bertz CT molecular complexity index is 482. The highest BCUT2D eigenvalue weighted by molar-refractivity contribution is 9.10. The zero-order valence-corrected chi connectivity index (χ0v) is 10.7. The predicted molar refractivity (Wildman–Crippen MR) is 68.2 cm³/mol. The molecule has 1 atom stereocenters. The maximum Gasteiger partial charge on any atom is 0.123 e. The van der Waals surface area contributed by atoms with E-state index >= 15 is 0 Å². The molecular weight excluding hydrogens is 290 g/mol. The van der Waals surface area contributed by atoms with E-state index in [4.69, 9.17) is 11.6 Å². The van der Waals surface area contributed by atoms with Crippen molar-refractivity contribution in [3.8, 4) is 0 Å².